The molecular formula is C16H17N3O. The van der Waals surface area contributed by atoms with E-state index in [1.807, 2.05) is 65.3 Å². The van der Waals surface area contributed by atoms with Gasteiger partial charge in [0.15, 0.2) is 0 Å². The number of imidazole rings is 1. The number of fused-ring (bicyclic) bond motifs is 1. The molecule has 20 heavy (non-hydrogen) atoms. The van der Waals surface area contributed by atoms with Crippen molar-refractivity contribution in [2.75, 3.05) is 0 Å². The largest absolute Gasteiger partial charge is 0.385 e. The molecule has 0 spiro atoms. The van der Waals surface area contributed by atoms with Crippen molar-refractivity contribution in [3.05, 3.63) is 72.2 Å². The van der Waals surface area contributed by atoms with Gasteiger partial charge in [0.25, 0.3) is 0 Å². The first-order chi connectivity index (χ1) is 9.74. The van der Waals surface area contributed by atoms with Crippen LogP contribution in [-0.4, -0.2) is 20.5 Å². The van der Waals surface area contributed by atoms with Crippen LogP contribution in [0.4, 0.5) is 0 Å². The number of hydrogen-bond donors (Lipinski definition) is 2. The van der Waals surface area contributed by atoms with Gasteiger partial charge in [-0.05, 0) is 24.1 Å². The van der Waals surface area contributed by atoms with Crippen molar-refractivity contribution < 1.29 is 5.11 Å². The summed E-state index contributed by atoms with van der Waals surface area (Å²) in [6.45, 7) is 0. The first kappa shape index (κ1) is 12.8. The summed E-state index contributed by atoms with van der Waals surface area (Å²) in [6, 6.07) is 15.3. The molecule has 102 valence electrons. The van der Waals surface area contributed by atoms with Gasteiger partial charge in [-0.2, -0.15) is 0 Å². The van der Waals surface area contributed by atoms with Crippen LogP contribution in [0.25, 0.3) is 5.65 Å². The highest BCUT2D eigenvalue weighted by Crippen LogP contribution is 2.18. The molecule has 4 nitrogen and oxygen atoms in total. The van der Waals surface area contributed by atoms with Crippen LogP contribution in [0.2, 0.25) is 0 Å². The number of aromatic nitrogens is 2. The number of nitrogens with two attached hydrogens (primary N) is 1. The third-order valence-electron chi connectivity index (χ3n) is 3.41. The van der Waals surface area contributed by atoms with E-state index >= 15 is 0 Å². The highest BCUT2D eigenvalue weighted by molar-refractivity contribution is 5.40. The zero-order valence-electron chi connectivity index (χ0n) is 11.1. The molecule has 0 aliphatic heterocycles. The van der Waals surface area contributed by atoms with Gasteiger partial charge in [0.05, 0.1) is 5.69 Å². The lowest BCUT2D eigenvalue weighted by Gasteiger charge is -2.16. The van der Waals surface area contributed by atoms with Crippen LogP contribution in [-0.2, 0) is 6.42 Å². The average molecular weight is 267 g/mol. The van der Waals surface area contributed by atoms with E-state index in [0.717, 1.165) is 11.2 Å². The lowest BCUT2D eigenvalue weighted by atomic mass is 10.0. The Morgan fingerprint density at radius 2 is 1.85 bits per heavy atom. The third kappa shape index (κ3) is 2.57. The maximum Gasteiger partial charge on any atom is 0.137 e. The molecule has 0 amide bonds. The topological polar surface area (TPSA) is 63.5 Å². The number of nitrogens with zero attached hydrogens (tertiary/aromatic N) is 2. The van der Waals surface area contributed by atoms with Crippen LogP contribution in [0.5, 0.6) is 0 Å². The van der Waals surface area contributed by atoms with Crippen LogP contribution >= 0.6 is 0 Å². The standard InChI is InChI=1S/C16H17N3O/c17-13(10-12-6-2-1-3-7-12)16(20)14-11-19-9-5-4-8-15(19)18-14/h1-9,11,13,16,20H,10,17H2. The van der Waals surface area contributed by atoms with Gasteiger partial charge in [-0.3, -0.25) is 0 Å². The molecular weight excluding hydrogens is 250 g/mol. The van der Waals surface area contributed by atoms with Crippen LogP contribution < -0.4 is 5.73 Å². The molecule has 0 radical (unpaired) electrons. The first-order valence-electron chi connectivity index (χ1n) is 6.65. The average Bonchev–Trinajstić information content (AvgIpc) is 2.91. The third-order valence-corrected chi connectivity index (χ3v) is 3.41. The Bertz CT molecular complexity index is 660. The Kier molecular flexibility index (Phi) is 3.50. The summed E-state index contributed by atoms with van der Waals surface area (Å²) in [7, 11) is 0. The highest BCUT2D eigenvalue weighted by Gasteiger charge is 2.20. The molecule has 0 bridgehead atoms. The fraction of sp³-hybridized carbons (Fsp3) is 0.188. The maximum absolute atomic E-state index is 10.4. The minimum absolute atomic E-state index is 0.373. The Labute approximate surface area is 117 Å². The van der Waals surface area contributed by atoms with E-state index in [9.17, 15) is 5.11 Å². The summed E-state index contributed by atoms with van der Waals surface area (Å²) in [5.41, 5.74) is 8.64. The van der Waals surface area contributed by atoms with Crippen molar-refractivity contribution in [3.8, 4) is 0 Å². The Balaban J connectivity index is 1.79. The lowest BCUT2D eigenvalue weighted by molar-refractivity contribution is 0.142. The predicted octanol–water partition coefficient (Wildman–Crippen LogP) is 1.94. The zero-order chi connectivity index (χ0) is 13.9. The predicted molar refractivity (Wildman–Crippen MR) is 78.3 cm³/mol. The SMILES string of the molecule is NC(Cc1ccccc1)C(O)c1cn2ccccc2n1. The fourth-order valence-electron chi connectivity index (χ4n) is 2.31. The van der Waals surface area contributed by atoms with Crippen LogP contribution in [0.1, 0.15) is 17.4 Å². The molecule has 2 aromatic heterocycles. The van der Waals surface area contributed by atoms with Gasteiger partial charge in [0.2, 0.25) is 0 Å². The van der Waals surface area contributed by atoms with Gasteiger partial charge in [0.1, 0.15) is 11.8 Å². The van der Waals surface area contributed by atoms with Crippen molar-refractivity contribution >= 4 is 5.65 Å². The molecule has 0 saturated carbocycles. The smallest absolute Gasteiger partial charge is 0.137 e. The summed E-state index contributed by atoms with van der Waals surface area (Å²) in [5.74, 6) is 0. The van der Waals surface area contributed by atoms with Gasteiger partial charge in [-0.15, -0.1) is 0 Å². The van der Waals surface area contributed by atoms with Crippen molar-refractivity contribution in [1.29, 1.82) is 0 Å². The second kappa shape index (κ2) is 5.45. The van der Waals surface area contributed by atoms with E-state index < -0.39 is 6.10 Å². The number of hydrogen-bond acceptors (Lipinski definition) is 3. The summed E-state index contributed by atoms with van der Waals surface area (Å²) >= 11 is 0. The van der Waals surface area contributed by atoms with Crippen molar-refractivity contribution in [1.82, 2.24) is 9.38 Å². The van der Waals surface area contributed by atoms with E-state index in [1.54, 1.807) is 0 Å². The Morgan fingerprint density at radius 3 is 2.60 bits per heavy atom. The quantitative estimate of drug-likeness (QED) is 0.759. The summed E-state index contributed by atoms with van der Waals surface area (Å²) in [4.78, 5) is 4.41. The fourth-order valence-corrected chi connectivity index (χ4v) is 2.31. The highest BCUT2D eigenvalue weighted by atomic mass is 16.3. The molecule has 3 aromatic rings. The molecule has 4 heteroatoms. The maximum atomic E-state index is 10.4. The van der Waals surface area contributed by atoms with Gasteiger partial charge in [-0.25, -0.2) is 4.98 Å². The minimum Gasteiger partial charge on any atom is -0.385 e. The van der Waals surface area contributed by atoms with Crippen LogP contribution in [0.3, 0.4) is 0 Å². The molecule has 0 saturated heterocycles. The molecule has 2 heterocycles. The van der Waals surface area contributed by atoms with Crippen LogP contribution in [0.15, 0.2) is 60.9 Å². The van der Waals surface area contributed by atoms with Gasteiger partial charge in [0, 0.05) is 18.4 Å². The number of pyridine rings is 1. The Hall–Kier alpha value is -2.17. The van der Waals surface area contributed by atoms with Gasteiger partial charge < -0.3 is 15.2 Å². The normalized spacial score (nSPS) is 14.3. The number of aliphatic hydroxyl groups excluding tert-OH is 1. The lowest BCUT2D eigenvalue weighted by Crippen LogP contribution is -2.30. The molecule has 2 atom stereocenters. The summed E-state index contributed by atoms with van der Waals surface area (Å²) in [5, 5.41) is 10.4. The second-order valence-electron chi connectivity index (χ2n) is 4.93. The van der Waals surface area contributed by atoms with Gasteiger partial charge >= 0.3 is 0 Å². The van der Waals surface area contributed by atoms with E-state index in [4.69, 9.17) is 5.73 Å². The second-order valence-corrected chi connectivity index (χ2v) is 4.93. The molecule has 2 unspecified atom stereocenters. The monoisotopic (exact) mass is 267 g/mol. The Morgan fingerprint density at radius 1 is 1.10 bits per heavy atom. The number of rotatable bonds is 4. The first-order valence-corrected chi connectivity index (χ1v) is 6.65. The minimum atomic E-state index is -0.768. The molecule has 3 N–H and O–H groups in total. The van der Waals surface area contributed by atoms with Crippen LogP contribution in [0, 0.1) is 0 Å². The van der Waals surface area contributed by atoms with E-state index in [-0.39, 0.29) is 6.04 Å². The van der Waals surface area contributed by atoms with Crippen molar-refractivity contribution in [2.45, 2.75) is 18.6 Å². The zero-order valence-corrected chi connectivity index (χ0v) is 11.1. The number of benzene rings is 1. The van der Waals surface area contributed by atoms with Crippen molar-refractivity contribution in [2.24, 2.45) is 5.73 Å². The molecule has 0 aliphatic carbocycles. The molecule has 0 fully saturated rings. The molecule has 3 rings (SSSR count). The van der Waals surface area contributed by atoms with E-state index in [1.165, 1.54) is 0 Å². The van der Waals surface area contributed by atoms with E-state index in [0.29, 0.717) is 12.1 Å². The van der Waals surface area contributed by atoms with Crippen molar-refractivity contribution in [3.63, 3.8) is 0 Å². The number of aliphatic hydroxyl groups is 1. The van der Waals surface area contributed by atoms with Gasteiger partial charge in [-0.1, -0.05) is 36.4 Å². The van der Waals surface area contributed by atoms with E-state index in [2.05, 4.69) is 4.98 Å². The summed E-state index contributed by atoms with van der Waals surface area (Å²) in [6.07, 6.45) is 3.58. The summed E-state index contributed by atoms with van der Waals surface area (Å²) < 4.78 is 1.88. The molecule has 1 aromatic carbocycles. The molecule has 0 aliphatic rings.